The van der Waals surface area contributed by atoms with Crippen molar-refractivity contribution in [2.24, 2.45) is 0 Å². The van der Waals surface area contributed by atoms with Crippen molar-refractivity contribution < 1.29 is 28.7 Å². The van der Waals surface area contributed by atoms with E-state index in [1.165, 1.54) is 0 Å². The summed E-state index contributed by atoms with van der Waals surface area (Å²) in [6, 6.07) is 15.5. The Morgan fingerprint density at radius 3 is 1.38 bits per heavy atom. The molecule has 0 aliphatic rings. The van der Waals surface area contributed by atoms with Crippen LogP contribution in [0.15, 0.2) is 48.5 Å². The zero-order valence-corrected chi connectivity index (χ0v) is 20.2. The Morgan fingerprint density at radius 2 is 1.03 bits per heavy atom. The number of Topliss-reactive ketones (excluding diaryl/α,β-unsaturated/α-hetero) is 2. The molecule has 2 rings (SSSR count). The number of esters is 2. The zero-order chi connectivity index (χ0) is 25.1. The number of anilines is 2. The molecule has 34 heavy (non-hydrogen) atoms. The predicted octanol–water partition coefficient (Wildman–Crippen LogP) is 2.61. The van der Waals surface area contributed by atoms with Crippen LogP contribution in [0.5, 0.6) is 0 Å². The molecular formula is C26H32N2O6. The molecule has 2 aromatic carbocycles. The van der Waals surface area contributed by atoms with Gasteiger partial charge in [-0.05, 0) is 48.2 Å². The van der Waals surface area contributed by atoms with Crippen molar-refractivity contribution in [1.82, 2.24) is 0 Å². The summed E-state index contributed by atoms with van der Waals surface area (Å²) in [7, 11) is 7.72. The Kier molecular flexibility index (Phi) is 10.3. The summed E-state index contributed by atoms with van der Waals surface area (Å²) in [4.78, 5) is 51.5. The first-order valence-corrected chi connectivity index (χ1v) is 11.1. The molecule has 0 atom stereocenters. The second-order valence-electron chi connectivity index (χ2n) is 8.36. The Balaban J connectivity index is 1.67. The average molecular weight is 469 g/mol. The molecule has 182 valence electrons. The zero-order valence-electron chi connectivity index (χ0n) is 20.2. The van der Waals surface area contributed by atoms with Gasteiger partial charge in [0.1, 0.15) is 0 Å². The van der Waals surface area contributed by atoms with Gasteiger partial charge in [-0.15, -0.1) is 0 Å². The van der Waals surface area contributed by atoms with Crippen LogP contribution in [0.1, 0.15) is 24.0 Å². The van der Waals surface area contributed by atoms with Gasteiger partial charge >= 0.3 is 11.9 Å². The molecule has 8 nitrogen and oxygen atoms in total. The van der Waals surface area contributed by atoms with Gasteiger partial charge in [0.2, 0.25) is 0 Å². The molecule has 0 fully saturated rings. The van der Waals surface area contributed by atoms with Crippen molar-refractivity contribution in [2.75, 3.05) is 51.2 Å². The van der Waals surface area contributed by atoms with E-state index in [-0.39, 0.29) is 24.4 Å². The van der Waals surface area contributed by atoms with Crippen LogP contribution in [0.4, 0.5) is 11.4 Å². The summed E-state index contributed by atoms with van der Waals surface area (Å²) in [6.07, 6.45) is 1.34. The predicted molar refractivity (Wildman–Crippen MR) is 130 cm³/mol. The molecule has 0 amide bonds. The van der Waals surface area contributed by atoms with Crippen molar-refractivity contribution in [3.63, 3.8) is 0 Å². The summed E-state index contributed by atoms with van der Waals surface area (Å²) in [5.74, 6) is -3.19. The largest absolute Gasteiger partial charge is 0.449 e. The SMILES string of the molecule is CN(C)c1cccc(CCC(=O)COC(=O)C(=O)OCC(=O)CCc2cccc(N(C)C)c2)c1. The minimum atomic E-state index is -1.28. The average Bonchev–Trinajstić information content (AvgIpc) is 2.83. The quantitative estimate of drug-likeness (QED) is 0.347. The Morgan fingerprint density at radius 1 is 0.647 bits per heavy atom. The van der Waals surface area contributed by atoms with E-state index in [0.717, 1.165) is 22.5 Å². The van der Waals surface area contributed by atoms with Crippen LogP contribution in [-0.2, 0) is 41.5 Å². The summed E-state index contributed by atoms with van der Waals surface area (Å²) >= 11 is 0. The van der Waals surface area contributed by atoms with Crippen LogP contribution < -0.4 is 9.80 Å². The molecule has 0 aliphatic heterocycles. The molecule has 8 heteroatoms. The van der Waals surface area contributed by atoms with Gasteiger partial charge in [-0.25, -0.2) is 9.59 Å². The van der Waals surface area contributed by atoms with E-state index in [1.54, 1.807) is 0 Å². The maximum atomic E-state index is 12.0. The third-order valence-corrected chi connectivity index (χ3v) is 5.13. The topological polar surface area (TPSA) is 93.2 Å². The molecule has 0 unspecified atom stereocenters. The van der Waals surface area contributed by atoms with E-state index < -0.39 is 25.2 Å². The minimum absolute atomic E-state index is 0.173. The summed E-state index contributed by atoms with van der Waals surface area (Å²) in [5.41, 5.74) is 4.01. The minimum Gasteiger partial charge on any atom is -0.449 e. The molecule has 0 bridgehead atoms. The Hall–Kier alpha value is -3.68. The number of aryl methyl sites for hydroxylation is 2. The van der Waals surface area contributed by atoms with Crippen molar-refractivity contribution in [3.8, 4) is 0 Å². The van der Waals surface area contributed by atoms with Crippen LogP contribution in [0.2, 0.25) is 0 Å². The van der Waals surface area contributed by atoms with E-state index in [2.05, 4.69) is 0 Å². The van der Waals surface area contributed by atoms with Gasteiger partial charge in [-0.3, -0.25) is 9.59 Å². The van der Waals surface area contributed by atoms with Crippen molar-refractivity contribution in [3.05, 3.63) is 59.7 Å². The van der Waals surface area contributed by atoms with Crippen LogP contribution in [0.25, 0.3) is 0 Å². The Bertz CT molecular complexity index is 934. The Labute approximate surface area is 200 Å². The van der Waals surface area contributed by atoms with Gasteiger partial charge in [-0.1, -0.05) is 24.3 Å². The number of hydrogen-bond acceptors (Lipinski definition) is 8. The van der Waals surface area contributed by atoms with Crippen LogP contribution in [0.3, 0.4) is 0 Å². The molecule has 0 heterocycles. The number of carbonyl (C=O) groups is 4. The fourth-order valence-electron chi connectivity index (χ4n) is 3.10. The molecule has 0 saturated carbocycles. The van der Waals surface area contributed by atoms with Gasteiger partial charge in [0.15, 0.2) is 24.8 Å². The van der Waals surface area contributed by atoms with E-state index >= 15 is 0 Å². The molecule has 0 spiro atoms. The first-order valence-electron chi connectivity index (χ1n) is 11.1. The van der Waals surface area contributed by atoms with E-state index in [9.17, 15) is 19.2 Å². The number of carbonyl (C=O) groups excluding carboxylic acids is 4. The maximum absolute atomic E-state index is 12.0. The normalized spacial score (nSPS) is 10.4. The molecular weight excluding hydrogens is 436 g/mol. The fraction of sp³-hybridized carbons (Fsp3) is 0.385. The number of benzene rings is 2. The first kappa shape index (κ1) is 26.6. The number of rotatable bonds is 12. The van der Waals surface area contributed by atoms with Crippen LogP contribution in [0, 0.1) is 0 Å². The van der Waals surface area contributed by atoms with Gasteiger partial charge in [-0.2, -0.15) is 0 Å². The molecule has 0 aliphatic carbocycles. The monoisotopic (exact) mass is 468 g/mol. The highest BCUT2D eigenvalue weighted by atomic mass is 16.6. The first-order chi connectivity index (χ1) is 16.2. The standard InChI is InChI=1S/C26H32N2O6/c1-27(2)21-9-5-7-19(15-21)11-13-23(29)17-33-25(31)26(32)34-18-24(30)14-12-20-8-6-10-22(16-20)28(3)4/h5-10,15-16H,11-14,17-18H2,1-4H3. The van der Waals surface area contributed by atoms with Gasteiger partial charge < -0.3 is 19.3 Å². The lowest BCUT2D eigenvalue weighted by Crippen LogP contribution is -2.25. The number of ether oxygens (including phenoxy) is 2. The lowest BCUT2D eigenvalue weighted by molar-refractivity contribution is -0.169. The highest BCUT2D eigenvalue weighted by Crippen LogP contribution is 2.16. The smallest absolute Gasteiger partial charge is 0.417 e. The van der Waals surface area contributed by atoms with Crippen LogP contribution in [-0.4, -0.2) is 64.9 Å². The van der Waals surface area contributed by atoms with Crippen molar-refractivity contribution in [2.45, 2.75) is 25.7 Å². The number of hydrogen-bond donors (Lipinski definition) is 0. The van der Waals surface area contributed by atoms with Gasteiger partial charge in [0.05, 0.1) is 0 Å². The molecule has 2 aromatic rings. The van der Waals surface area contributed by atoms with E-state index in [0.29, 0.717) is 12.8 Å². The summed E-state index contributed by atoms with van der Waals surface area (Å²) in [5, 5.41) is 0. The second kappa shape index (κ2) is 13.1. The van der Waals surface area contributed by atoms with E-state index in [1.807, 2.05) is 86.5 Å². The van der Waals surface area contributed by atoms with Gasteiger partial charge in [0.25, 0.3) is 0 Å². The number of nitrogens with zero attached hydrogens (tertiary/aromatic N) is 2. The van der Waals surface area contributed by atoms with Crippen molar-refractivity contribution >= 4 is 34.9 Å². The lowest BCUT2D eigenvalue weighted by atomic mass is 10.1. The third-order valence-electron chi connectivity index (χ3n) is 5.13. The molecule has 0 N–H and O–H groups in total. The maximum Gasteiger partial charge on any atom is 0.417 e. The number of ketones is 2. The third kappa shape index (κ3) is 9.05. The highest BCUT2D eigenvalue weighted by Gasteiger charge is 2.20. The fourth-order valence-corrected chi connectivity index (χ4v) is 3.10. The van der Waals surface area contributed by atoms with Crippen LogP contribution >= 0.6 is 0 Å². The second-order valence-corrected chi connectivity index (χ2v) is 8.36. The summed E-state index contributed by atoms with van der Waals surface area (Å²) < 4.78 is 9.45. The van der Waals surface area contributed by atoms with E-state index in [4.69, 9.17) is 9.47 Å². The molecule has 0 aromatic heterocycles. The molecule has 0 saturated heterocycles. The van der Waals surface area contributed by atoms with Crippen molar-refractivity contribution in [1.29, 1.82) is 0 Å². The lowest BCUT2D eigenvalue weighted by Gasteiger charge is -2.13. The molecule has 0 radical (unpaired) electrons. The summed E-state index contributed by atoms with van der Waals surface area (Å²) in [6.45, 7) is -1.03. The van der Waals surface area contributed by atoms with Gasteiger partial charge in [0, 0.05) is 52.4 Å². The highest BCUT2D eigenvalue weighted by molar-refractivity contribution is 6.30.